The van der Waals surface area contributed by atoms with Gasteiger partial charge in [0.25, 0.3) is 0 Å². The van der Waals surface area contributed by atoms with Crippen LogP contribution in [0.3, 0.4) is 0 Å². The summed E-state index contributed by atoms with van der Waals surface area (Å²) >= 11 is 1.22. The minimum absolute atomic E-state index is 0.0177. The van der Waals surface area contributed by atoms with Crippen molar-refractivity contribution in [3.8, 4) is 0 Å². The van der Waals surface area contributed by atoms with Crippen LogP contribution in [0.25, 0.3) is 0 Å². The molecule has 1 aromatic rings. The molecule has 0 aromatic heterocycles. The number of rotatable bonds is 3. The highest BCUT2D eigenvalue weighted by Gasteiger charge is 2.42. The first-order valence-electron chi connectivity index (χ1n) is 7.11. The van der Waals surface area contributed by atoms with Crippen molar-refractivity contribution in [2.24, 2.45) is 0 Å². The summed E-state index contributed by atoms with van der Waals surface area (Å²) in [6.45, 7) is 0. The average Bonchev–Trinajstić information content (AvgIpc) is 2.72. The Kier molecular flexibility index (Phi) is 4.17. The number of hydrogen-bond acceptors (Lipinski definition) is 3. The van der Waals surface area contributed by atoms with Gasteiger partial charge in [0, 0.05) is 17.0 Å². The Labute approximate surface area is 126 Å². The van der Waals surface area contributed by atoms with Gasteiger partial charge in [-0.3, -0.25) is 4.79 Å². The Hall–Kier alpha value is -1.14. The number of carbonyl (C=O) groups excluding carboxylic acids is 1. The number of hydrogen-bond donors (Lipinski definition) is 1. The van der Waals surface area contributed by atoms with Crippen LogP contribution in [0.2, 0.25) is 0 Å². The van der Waals surface area contributed by atoms with E-state index in [1.807, 2.05) is 4.90 Å². The van der Waals surface area contributed by atoms with Crippen LogP contribution in [-0.4, -0.2) is 39.9 Å². The highest BCUT2D eigenvalue weighted by Crippen LogP contribution is 2.36. The Balaban J connectivity index is 1.61. The van der Waals surface area contributed by atoms with E-state index >= 15 is 0 Å². The SMILES string of the molecule is O=C(CSc1ccc(F)c(F)c1)N1C2CCC1CC(O)C2. The summed E-state index contributed by atoms with van der Waals surface area (Å²) in [5.41, 5.74) is 0. The number of fused-ring (bicyclic) bond motifs is 2. The molecule has 0 aliphatic carbocycles. The summed E-state index contributed by atoms with van der Waals surface area (Å²) in [5, 5.41) is 9.73. The van der Waals surface area contributed by atoms with Gasteiger partial charge >= 0.3 is 0 Å². The minimum atomic E-state index is -0.895. The van der Waals surface area contributed by atoms with E-state index in [0.29, 0.717) is 17.7 Å². The topological polar surface area (TPSA) is 40.5 Å². The van der Waals surface area contributed by atoms with Crippen molar-refractivity contribution in [1.29, 1.82) is 0 Å². The third-order valence-electron chi connectivity index (χ3n) is 4.25. The molecule has 2 heterocycles. The Morgan fingerprint density at radius 3 is 2.52 bits per heavy atom. The number of benzene rings is 1. The summed E-state index contributed by atoms with van der Waals surface area (Å²) < 4.78 is 26.0. The van der Waals surface area contributed by atoms with Crippen molar-refractivity contribution in [3.63, 3.8) is 0 Å². The number of aliphatic hydroxyl groups is 1. The molecule has 6 heteroatoms. The lowest BCUT2D eigenvalue weighted by Gasteiger charge is -2.37. The van der Waals surface area contributed by atoms with Crippen molar-refractivity contribution in [2.75, 3.05) is 5.75 Å². The van der Waals surface area contributed by atoms with Crippen LogP contribution in [0.1, 0.15) is 25.7 Å². The fourth-order valence-corrected chi connectivity index (χ4v) is 4.13. The molecule has 2 atom stereocenters. The number of halogens is 2. The summed E-state index contributed by atoms with van der Waals surface area (Å²) in [6, 6.07) is 3.93. The van der Waals surface area contributed by atoms with E-state index in [0.717, 1.165) is 25.0 Å². The average molecular weight is 313 g/mol. The monoisotopic (exact) mass is 313 g/mol. The standard InChI is InChI=1S/C15H17F2NO2S/c16-13-4-3-12(7-14(13)17)21-8-15(20)18-9-1-2-10(18)6-11(19)5-9/h3-4,7,9-11,19H,1-2,5-6,8H2. The lowest BCUT2D eigenvalue weighted by atomic mass is 10.00. The van der Waals surface area contributed by atoms with Crippen molar-refractivity contribution in [1.82, 2.24) is 4.90 Å². The van der Waals surface area contributed by atoms with E-state index in [9.17, 15) is 18.7 Å². The second-order valence-corrected chi connectivity index (χ2v) is 6.72. The molecule has 114 valence electrons. The summed E-state index contributed by atoms with van der Waals surface area (Å²) in [5.74, 6) is -1.54. The summed E-state index contributed by atoms with van der Waals surface area (Å²) in [4.78, 5) is 14.8. The van der Waals surface area contributed by atoms with Crippen LogP contribution in [0, 0.1) is 11.6 Å². The predicted octanol–water partition coefficient (Wildman–Crippen LogP) is 2.57. The van der Waals surface area contributed by atoms with Gasteiger partial charge in [-0.1, -0.05) is 0 Å². The molecule has 1 N–H and O–H groups in total. The largest absolute Gasteiger partial charge is 0.393 e. The van der Waals surface area contributed by atoms with Gasteiger partial charge in [-0.2, -0.15) is 0 Å². The van der Waals surface area contributed by atoms with Crippen LogP contribution >= 0.6 is 11.8 Å². The van der Waals surface area contributed by atoms with Crippen molar-refractivity contribution in [3.05, 3.63) is 29.8 Å². The molecular formula is C15H17F2NO2S. The highest BCUT2D eigenvalue weighted by molar-refractivity contribution is 8.00. The van der Waals surface area contributed by atoms with Crippen LogP contribution < -0.4 is 0 Å². The van der Waals surface area contributed by atoms with Crippen LogP contribution in [0.4, 0.5) is 8.78 Å². The molecule has 2 aliphatic heterocycles. The summed E-state index contributed by atoms with van der Waals surface area (Å²) in [7, 11) is 0. The fourth-order valence-electron chi connectivity index (χ4n) is 3.34. The van der Waals surface area contributed by atoms with Gasteiger partial charge < -0.3 is 10.0 Å². The van der Waals surface area contributed by atoms with Crippen LogP contribution in [0.5, 0.6) is 0 Å². The maximum atomic E-state index is 13.1. The van der Waals surface area contributed by atoms with Gasteiger partial charge in [0.1, 0.15) is 0 Å². The van der Waals surface area contributed by atoms with Gasteiger partial charge in [-0.05, 0) is 43.9 Å². The van der Waals surface area contributed by atoms with E-state index in [-0.39, 0.29) is 29.8 Å². The highest BCUT2D eigenvalue weighted by atomic mass is 32.2. The lowest BCUT2D eigenvalue weighted by molar-refractivity contribution is -0.134. The zero-order valence-electron chi connectivity index (χ0n) is 11.5. The Morgan fingerprint density at radius 2 is 1.90 bits per heavy atom. The molecule has 1 aromatic carbocycles. The van der Waals surface area contributed by atoms with E-state index in [1.165, 1.54) is 17.8 Å². The molecule has 2 unspecified atom stereocenters. The molecule has 2 fully saturated rings. The van der Waals surface area contributed by atoms with Crippen LogP contribution in [-0.2, 0) is 4.79 Å². The zero-order valence-corrected chi connectivity index (χ0v) is 12.3. The smallest absolute Gasteiger partial charge is 0.233 e. The molecule has 1 amide bonds. The summed E-state index contributed by atoms with van der Waals surface area (Å²) in [6.07, 6.45) is 2.90. The Morgan fingerprint density at radius 1 is 1.24 bits per heavy atom. The maximum Gasteiger partial charge on any atom is 0.233 e. The number of aliphatic hydroxyl groups excluding tert-OH is 1. The molecule has 0 saturated carbocycles. The van der Waals surface area contributed by atoms with Gasteiger partial charge in [0.05, 0.1) is 11.9 Å². The van der Waals surface area contributed by atoms with Crippen molar-refractivity contribution < 1.29 is 18.7 Å². The number of carbonyl (C=O) groups is 1. The van der Waals surface area contributed by atoms with Gasteiger partial charge in [0.15, 0.2) is 11.6 Å². The normalized spacial score (nSPS) is 28.0. The van der Waals surface area contributed by atoms with Gasteiger partial charge in [-0.25, -0.2) is 8.78 Å². The number of amides is 1. The van der Waals surface area contributed by atoms with Crippen LogP contribution in [0.15, 0.2) is 23.1 Å². The second-order valence-electron chi connectivity index (χ2n) is 5.68. The maximum absolute atomic E-state index is 13.1. The first kappa shape index (κ1) is 14.8. The first-order valence-corrected chi connectivity index (χ1v) is 8.10. The molecule has 2 bridgehead atoms. The van der Waals surface area contributed by atoms with Gasteiger partial charge in [-0.15, -0.1) is 11.8 Å². The van der Waals surface area contributed by atoms with E-state index in [4.69, 9.17) is 0 Å². The third-order valence-corrected chi connectivity index (χ3v) is 5.23. The first-order chi connectivity index (χ1) is 10.0. The minimum Gasteiger partial charge on any atom is -0.393 e. The lowest BCUT2D eigenvalue weighted by Crippen LogP contribution is -2.48. The molecule has 0 spiro atoms. The second kappa shape index (κ2) is 5.93. The zero-order chi connectivity index (χ0) is 15.0. The predicted molar refractivity (Wildman–Crippen MR) is 76.0 cm³/mol. The number of piperidine rings is 1. The van der Waals surface area contributed by atoms with E-state index < -0.39 is 11.6 Å². The molecule has 3 rings (SSSR count). The Bertz CT molecular complexity index is 540. The van der Waals surface area contributed by atoms with E-state index in [1.54, 1.807) is 0 Å². The van der Waals surface area contributed by atoms with Crippen molar-refractivity contribution in [2.45, 2.75) is 48.8 Å². The fraction of sp³-hybridized carbons (Fsp3) is 0.533. The molecule has 3 nitrogen and oxygen atoms in total. The number of thioether (sulfide) groups is 1. The molecule has 21 heavy (non-hydrogen) atoms. The molecule has 2 aliphatic rings. The molecule has 0 radical (unpaired) electrons. The van der Waals surface area contributed by atoms with E-state index in [2.05, 4.69) is 0 Å². The molecule has 2 saturated heterocycles. The number of nitrogens with zero attached hydrogens (tertiary/aromatic N) is 1. The quantitative estimate of drug-likeness (QED) is 0.872. The molecular weight excluding hydrogens is 296 g/mol. The van der Waals surface area contributed by atoms with Crippen molar-refractivity contribution >= 4 is 17.7 Å². The van der Waals surface area contributed by atoms with Gasteiger partial charge in [0.2, 0.25) is 5.91 Å². The third kappa shape index (κ3) is 3.06.